The molecule has 2 aliphatic heterocycles. The van der Waals surface area contributed by atoms with Crippen LogP contribution in [0.1, 0.15) is 19.3 Å². The zero-order chi connectivity index (χ0) is 9.86. The van der Waals surface area contributed by atoms with E-state index in [9.17, 15) is 0 Å². The van der Waals surface area contributed by atoms with Crippen LogP contribution < -0.4 is 5.32 Å². The van der Waals surface area contributed by atoms with Crippen LogP contribution in [-0.2, 0) is 9.47 Å². The minimum absolute atomic E-state index is 0.0735. The lowest BCUT2D eigenvalue weighted by Crippen LogP contribution is -2.45. The van der Waals surface area contributed by atoms with Gasteiger partial charge in [-0.3, -0.25) is 0 Å². The van der Waals surface area contributed by atoms with Crippen molar-refractivity contribution in [2.75, 3.05) is 26.3 Å². The molecule has 2 atom stereocenters. The van der Waals surface area contributed by atoms with Crippen LogP contribution in [0.25, 0.3) is 0 Å². The summed E-state index contributed by atoms with van der Waals surface area (Å²) in [7, 11) is 0. The van der Waals surface area contributed by atoms with Gasteiger partial charge in [0, 0.05) is 13.0 Å². The summed E-state index contributed by atoms with van der Waals surface area (Å²) in [5.74, 6) is 0. The fourth-order valence-electron chi connectivity index (χ4n) is 2.35. The van der Waals surface area contributed by atoms with Crippen molar-refractivity contribution < 1.29 is 9.47 Å². The average Bonchev–Trinajstić information content (AvgIpc) is 2.60. The number of ether oxygens (including phenoxy) is 2. The van der Waals surface area contributed by atoms with Crippen molar-refractivity contribution in [3.8, 4) is 0 Å². The van der Waals surface area contributed by atoms with Gasteiger partial charge in [-0.25, -0.2) is 0 Å². The standard InChI is InChI=1S/C11H19NO2/c1-2-6-13-10-7-11(14-8-10)4-3-5-12-9-11/h2,10,12H,1,3-9H2. The molecule has 0 amide bonds. The molecule has 0 aliphatic carbocycles. The molecule has 3 nitrogen and oxygen atoms in total. The van der Waals surface area contributed by atoms with Crippen molar-refractivity contribution in [2.24, 2.45) is 0 Å². The summed E-state index contributed by atoms with van der Waals surface area (Å²) < 4.78 is 11.5. The van der Waals surface area contributed by atoms with Crippen LogP contribution in [0.15, 0.2) is 12.7 Å². The number of piperidine rings is 1. The maximum Gasteiger partial charge on any atom is 0.0841 e. The first-order valence-corrected chi connectivity index (χ1v) is 5.42. The highest BCUT2D eigenvalue weighted by Crippen LogP contribution is 2.33. The SMILES string of the molecule is C=CCOC1COC2(CCCNC2)C1. The Bertz CT molecular complexity index is 199. The summed E-state index contributed by atoms with van der Waals surface area (Å²) in [4.78, 5) is 0. The second-order valence-electron chi connectivity index (χ2n) is 4.22. The zero-order valence-corrected chi connectivity index (χ0v) is 8.63. The van der Waals surface area contributed by atoms with Crippen LogP contribution in [0.2, 0.25) is 0 Å². The molecule has 1 spiro atoms. The Hall–Kier alpha value is -0.380. The summed E-state index contributed by atoms with van der Waals surface area (Å²) >= 11 is 0. The molecule has 2 aliphatic rings. The number of hydrogen-bond donors (Lipinski definition) is 1. The van der Waals surface area contributed by atoms with Crippen molar-refractivity contribution >= 4 is 0 Å². The molecule has 2 rings (SSSR count). The van der Waals surface area contributed by atoms with Crippen LogP contribution in [0.4, 0.5) is 0 Å². The van der Waals surface area contributed by atoms with E-state index in [-0.39, 0.29) is 11.7 Å². The van der Waals surface area contributed by atoms with Gasteiger partial charge in [-0.05, 0) is 19.4 Å². The van der Waals surface area contributed by atoms with E-state index >= 15 is 0 Å². The molecule has 1 N–H and O–H groups in total. The molecule has 0 bridgehead atoms. The van der Waals surface area contributed by atoms with Gasteiger partial charge in [0.05, 0.1) is 24.9 Å². The lowest BCUT2D eigenvalue weighted by molar-refractivity contribution is -0.0176. The first kappa shape index (κ1) is 10.1. The predicted molar refractivity (Wildman–Crippen MR) is 55.3 cm³/mol. The first-order chi connectivity index (χ1) is 6.85. The molecular formula is C11H19NO2. The highest BCUT2D eigenvalue weighted by atomic mass is 16.6. The molecule has 3 heteroatoms. The Morgan fingerprint density at radius 1 is 1.64 bits per heavy atom. The van der Waals surface area contributed by atoms with Crippen molar-refractivity contribution in [1.29, 1.82) is 0 Å². The fraction of sp³-hybridized carbons (Fsp3) is 0.818. The molecule has 2 saturated heterocycles. The van der Waals surface area contributed by atoms with E-state index in [1.165, 1.54) is 12.8 Å². The monoisotopic (exact) mass is 197 g/mol. The van der Waals surface area contributed by atoms with Gasteiger partial charge in [0.1, 0.15) is 0 Å². The number of rotatable bonds is 3. The number of hydrogen-bond acceptors (Lipinski definition) is 3. The van der Waals surface area contributed by atoms with Crippen molar-refractivity contribution in [1.82, 2.24) is 5.32 Å². The molecule has 0 saturated carbocycles. The van der Waals surface area contributed by atoms with E-state index in [1.807, 2.05) is 0 Å². The molecule has 0 radical (unpaired) electrons. The first-order valence-electron chi connectivity index (χ1n) is 5.42. The van der Waals surface area contributed by atoms with E-state index < -0.39 is 0 Å². The third-order valence-corrected chi connectivity index (χ3v) is 3.06. The topological polar surface area (TPSA) is 30.5 Å². The Labute approximate surface area is 85.5 Å². The van der Waals surface area contributed by atoms with E-state index in [0.717, 1.165) is 26.1 Å². The summed E-state index contributed by atoms with van der Waals surface area (Å²) in [6, 6.07) is 0. The maximum absolute atomic E-state index is 5.87. The van der Waals surface area contributed by atoms with Crippen LogP contribution in [0.5, 0.6) is 0 Å². The highest BCUT2D eigenvalue weighted by molar-refractivity contribution is 4.94. The van der Waals surface area contributed by atoms with Crippen molar-refractivity contribution in [2.45, 2.75) is 31.0 Å². The minimum atomic E-state index is 0.0735. The summed E-state index contributed by atoms with van der Waals surface area (Å²) in [5.41, 5.74) is 0.0735. The van der Waals surface area contributed by atoms with Crippen molar-refractivity contribution in [3.05, 3.63) is 12.7 Å². The molecule has 0 aromatic rings. The summed E-state index contributed by atoms with van der Waals surface area (Å²) in [6.07, 6.45) is 5.49. The second-order valence-corrected chi connectivity index (χ2v) is 4.22. The quantitative estimate of drug-likeness (QED) is 0.687. The normalized spacial score (nSPS) is 37.6. The molecule has 14 heavy (non-hydrogen) atoms. The Balaban J connectivity index is 1.82. The third-order valence-electron chi connectivity index (χ3n) is 3.06. The molecular weight excluding hydrogens is 178 g/mol. The van der Waals surface area contributed by atoms with Crippen LogP contribution in [-0.4, -0.2) is 38.0 Å². The van der Waals surface area contributed by atoms with E-state index in [1.54, 1.807) is 6.08 Å². The average molecular weight is 197 g/mol. The summed E-state index contributed by atoms with van der Waals surface area (Å²) in [5, 5.41) is 3.39. The second kappa shape index (κ2) is 4.43. The predicted octanol–water partition coefficient (Wildman–Crippen LogP) is 1.10. The van der Waals surface area contributed by atoms with E-state index in [4.69, 9.17) is 9.47 Å². The van der Waals surface area contributed by atoms with Crippen LogP contribution in [0.3, 0.4) is 0 Å². The Kier molecular flexibility index (Phi) is 3.21. The van der Waals surface area contributed by atoms with E-state index in [0.29, 0.717) is 6.61 Å². The largest absolute Gasteiger partial charge is 0.372 e. The minimum Gasteiger partial charge on any atom is -0.372 e. The van der Waals surface area contributed by atoms with Gasteiger partial charge in [0.25, 0.3) is 0 Å². The highest BCUT2D eigenvalue weighted by Gasteiger charge is 2.41. The van der Waals surface area contributed by atoms with Crippen LogP contribution >= 0.6 is 0 Å². The van der Waals surface area contributed by atoms with Gasteiger partial charge in [-0.2, -0.15) is 0 Å². The van der Waals surface area contributed by atoms with Gasteiger partial charge >= 0.3 is 0 Å². The molecule has 0 aromatic carbocycles. The van der Waals surface area contributed by atoms with Gasteiger partial charge < -0.3 is 14.8 Å². The van der Waals surface area contributed by atoms with Gasteiger partial charge in [0.2, 0.25) is 0 Å². The Morgan fingerprint density at radius 3 is 3.29 bits per heavy atom. The van der Waals surface area contributed by atoms with Gasteiger partial charge in [0.15, 0.2) is 0 Å². The smallest absolute Gasteiger partial charge is 0.0841 e. The number of nitrogens with one attached hydrogen (secondary N) is 1. The lowest BCUT2D eigenvalue weighted by atomic mass is 9.90. The molecule has 2 fully saturated rings. The summed E-state index contributed by atoms with van der Waals surface area (Å²) in [6.45, 7) is 7.14. The Morgan fingerprint density at radius 2 is 2.57 bits per heavy atom. The van der Waals surface area contributed by atoms with Crippen molar-refractivity contribution in [3.63, 3.8) is 0 Å². The van der Waals surface area contributed by atoms with Gasteiger partial charge in [-0.1, -0.05) is 6.08 Å². The molecule has 2 heterocycles. The van der Waals surface area contributed by atoms with Gasteiger partial charge in [-0.15, -0.1) is 6.58 Å². The molecule has 80 valence electrons. The molecule has 0 aromatic heterocycles. The zero-order valence-electron chi connectivity index (χ0n) is 8.63. The molecule has 2 unspecified atom stereocenters. The fourth-order valence-corrected chi connectivity index (χ4v) is 2.35. The van der Waals surface area contributed by atoms with Crippen LogP contribution in [0, 0.1) is 0 Å². The maximum atomic E-state index is 5.87. The third kappa shape index (κ3) is 2.16. The lowest BCUT2D eigenvalue weighted by Gasteiger charge is -2.32. The van der Waals surface area contributed by atoms with E-state index in [2.05, 4.69) is 11.9 Å².